The van der Waals surface area contributed by atoms with Gasteiger partial charge in [-0.25, -0.2) is 9.78 Å². The van der Waals surface area contributed by atoms with Gasteiger partial charge in [-0.2, -0.15) is 0 Å². The van der Waals surface area contributed by atoms with Crippen LogP contribution in [-0.2, 0) is 12.0 Å². The van der Waals surface area contributed by atoms with Crippen LogP contribution in [0, 0.1) is 0 Å². The van der Waals surface area contributed by atoms with E-state index in [2.05, 4.69) is 24.1 Å². The third-order valence-corrected chi connectivity index (χ3v) is 5.69. The quantitative estimate of drug-likeness (QED) is 0.664. The first kappa shape index (κ1) is 18.7. The minimum Gasteiger partial charge on any atom is -0.337 e. The second kappa shape index (κ2) is 7.64. The van der Waals surface area contributed by atoms with Crippen LogP contribution in [0.5, 0.6) is 0 Å². The average Bonchev–Trinajstić information content (AvgIpc) is 3.02. The fraction of sp³-hybridized carbons (Fsp3) is 0.300. The summed E-state index contributed by atoms with van der Waals surface area (Å²) in [6, 6.07) is 15.6. The SMILES string of the molecule is CN(Cc1nc2ccccc2s1)C(=O)NCC(C)(C)c1ccccc1Cl. The monoisotopic (exact) mass is 387 g/mol. The first-order chi connectivity index (χ1) is 12.4. The maximum Gasteiger partial charge on any atom is 0.317 e. The van der Waals surface area contributed by atoms with E-state index in [-0.39, 0.29) is 11.4 Å². The number of carbonyl (C=O) groups is 1. The molecule has 1 heterocycles. The zero-order valence-electron chi connectivity index (χ0n) is 15.1. The molecular formula is C20H22ClN3OS. The second-order valence-electron chi connectivity index (χ2n) is 6.95. The summed E-state index contributed by atoms with van der Waals surface area (Å²) in [6.07, 6.45) is 0. The molecule has 0 bridgehead atoms. The van der Waals surface area contributed by atoms with Crippen molar-refractivity contribution in [3.63, 3.8) is 0 Å². The molecule has 0 unspecified atom stereocenters. The number of nitrogens with one attached hydrogen (secondary N) is 1. The molecule has 0 saturated carbocycles. The molecule has 6 heteroatoms. The molecule has 0 fully saturated rings. The Morgan fingerprint density at radius 3 is 2.62 bits per heavy atom. The van der Waals surface area contributed by atoms with E-state index in [0.29, 0.717) is 13.1 Å². The number of aromatic nitrogens is 1. The highest BCUT2D eigenvalue weighted by Gasteiger charge is 2.24. The molecule has 1 aromatic heterocycles. The molecule has 0 aliphatic rings. The van der Waals surface area contributed by atoms with E-state index in [1.165, 1.54) is 0 Å². The summed E-state index contributed by atoms with van der Waals surface area (Å²) in [5, 5.41) is 4.65. The number of hydrogen-bond donors (Lipinski definition) is 1. The van der Waals surface area contributed by atoms with Gasteiger partial charge in [0.15, 0.2) is 0 Å². The van der Waals surface area contributed by atoms with Gasteiger partial charge < -0.3 is 10.2 Å². The van der Waals surface area contributed by atoms with Crippen molar-refractivity contribution in [2.24, 2.45) is 0 Å². The predicted octanol–water partition coefficient (Wildman–Crippen LogP) is 5.07. The molecule has 0 spiro atoms. The van der Waals surface area contributed by atoms with E-state index in [1.807, 2.05) is 48.5 Å². The second-order valence-corrected chi connectivity index (χ2v) is 8.48. The molecule has 3 aromatic rings. The van der Waals surface area contributed by atoms with E-state index >= 15 is 0 Å². The third-order valence-electron chi connectivity index (χ3n) is 4.34. The summed E-state index contributed by atoms with van der Waals surface area (Å²) >= 11 is 7.92. The first-order valence-electron chi connectivity index (χ1n) is 8.45. The van der Waals surface area contributed by atoms with Crippen LogP contribution in [0.3, 0.4) is 0 Å². The topological polar surface area (TPSA) is 45.2 Å². The lowest BCUT2D eigenvalue weighted by molar-refractivity contribution is 0.204. The maximum absolute atomic E-state index is 12.5. The zero-order valence-corrected chi connectivity index (χ0v) is 16.7. The highest BCUT2D eigenvalue weighted by atomic mass is 35.5. The fourth-order valence-electron chi connectivity index (χ4n) is 2.80. The Labute approximate surface area is 162 Å². The van der Waals surface area contributed by atoms with E-state index in [0.717, 1.165) is 25.8 Å². The summed E-state index contributed by atoms with van der Waals surface area (Å²) in [5.74, 6) is 0. The smallest absolute Gasteiger partial charge is 0.317 e. The molecule has 0 radical (unpaired) electrons. The summed E-state index contributed by atoms with van der Waals surface area (Å²) in [6.45, 7) is 5.13. The molecule has 0 atom stereocenters. The van der Waals surface area contributed by atoms with Gasteiger partial charge in [0.25, 0.3) is 0 Å². The summed E-state index contributed by atoms with van der Waals surface area (Å²) in [7, 11) is 1.78. The normalized spacial score (nSPS) is 11.5. The Morgan fingerprint density at radius 1 is 1.19 bits per heavy atom. The Balaban J connectivity index is 1.61. The fourth-order valence-corrected chi connectivity index (χ4v) is 4.21. The largest absolute Gasteiger partial charge is 0.337 e. The van der Waals surface area contributed by atoms with Gasteiger partial charge in [0.2, 0.25) is 0 Å². The van der Waals surface area contributed by atoms with Gasteiger partial charge in [0, 0.05) is 24.0 Å². The van der Waals surface area contributed by atoms with Gasteiger partial charge in [-0.1, -0.05) is 55.8 Å². The van der Waals surface area contributed by atoms with Gasteiger partial charge in [0.1, 0.15) is 5.01 Å². The lowest BCUT2D eigenvalue weighted by Gasteiger charge is -2.28. The Kier molecular flexibility index (Phi) is 5.49. The molecule has 2 amide bonds. The van der Waals surface area contributed by atoms with E-state index < -0.39 is 0 Å². The predicted molar refractivity (Wildman–Crippen MR) is 109 cm³/mol. The van der Waals surface area contributed by atoms with Crippen LogP contribution in [0.1, 0.15) is 24.4 Å². The number of rotatable bonds is 5. The van der Waals surface area contributed by atoms with Crippen molar-refractivity contribution in [3.05, 3.63) is 64.1 Å². The number of carbonyl (C=O) groups excluding carboxylic acids is 1. The summed E-state index contributed by atoms with van der Waals surface area (Å²) < 4.78 is 1.14. The molecule has 3 rings (SSSR count). The third kappa shape index (κ3) is 4.17. The number of nitrogens with zero attached hydrogens (tertiary/aromatic N) is 2. The minimum absolute atomic E-state index is 0.121. The van der Waals surface area contributed by atoms with Crippen molar-refractivity contribution in [3.8, 4) is 0 Å². The van der Waals surface area contributed by atoms with Gasteiger partial charge in [-0.15, -0.1) is 11.3 Å². The number of para-hydroxylation sites is 1. The molecule has 26 heavy (non-hydrogen) atoms. The van der Waals surface area contributed by atoms with Crippen molar-refractivity contribution >= 4 is 39.2 Å². The van der Waals surface area contributed by atoms with Crippen molar-refractivity contribution in [1.82, 2.24) is 15.2 Å². The molecule has 0 aliphatic carbocycles. The molecule has 136 valence electrons. The summed E-state index contributed by atoms with van der Waals surface area (Å²) in [4.78, 5) is 18.7. The van der Waals surface area contributed by atoms with E-state index in [1.54, 1.807) is 23.3 Å². The van der Waals surface area contributed by atoms with Gasteiger partial charge in [-0.05, 0) is 23.8 Å². The van der Waals surface area contributed by atoms with Crippen LogP contribution in [0.4, 0.5) is 4.79 Å². The van der Waals surface area contributed by atoms with Crippen molar-refractivity contribution < 1.29 is 4.79 Å². The number of hydrogen-bond acceptors (Lipinski definition) is 3. The van der Waals surface area contributed by atoms with E-state index in [4.69, 9.17) is 11.6 Å². The molecule has 4 nitrogen and oxygen atoms in total. The van der Waals surface area contributed by atoms with Crippen LogP contribution in [0.25, 0.3) is 10.2 Å². The Bertz CT molecular complexity index is 889. The molecule has 0 aliphatic heterocycles. The molecule has 0 saturated heterocycles. The lowest BCUT2D eigenvalue weighted by Crippen LogP contribution is -2.43. The Hall–Kier alpha value is -2.11. The Morgan fingerprint density at radius 2 is 1.88 bits per heavy atom. The molecule has 2 aromatic carbocycles. The van der Waals surface area contributed by atoms with Crippen molar-refractivity contribution in [2.45, 2.75) is 25.8 Å². The maximum atomic E-state index is 12.5. The van der Waals surface area contributed by atoms with Crippen LogP contribution >= 0.6 is 22.9 Å². The lowest BCUT2D eigenvalue weighted by atomic mass is 9.84. The number of amides is 2. The summed E-state index contributed by atoms with van der Waals surface area (Å²) in [5.41, 5.74) is 1.74. The highest BCUT2D eigenvalue weighted by Crippen LogP contribution is 2.29. The first-order valence-corrected chi connectivity index (χ1v) is 9.65. The van der Waals surface area contributed by atoms with Crippen LogP contribution in [0.2, 0.25) is 5.02 Å². The van der Waals surface area contributed by atoms with Gasteiger partial charge in [-0.3, -0.25) is 0 Å². The van der Waals surface area contributed by atoms with Crippen LogP contribution in [0.15, 0.2) is 48.5 Å². The van der Waals surface area contributed by atoms with Gasteiger partial charge >= 0.3 is 6.03 Å². The van der Waals surface area contributed by atoms with Crippen molar-refractivity contribution in [2.75, 3.05) is 13.6 Å². The van der Waals surface area contributed by atoms with Gasteiger partial charge in [0.05, 0.1) is 16.8 Å². The number of fused-ring (bicyclic) bond motifs is 1. The number of urea groups is 1. The standard InChI is InChI=1S/C20H22ClN3OS/c1-20(2,14-8-4-5-9-15(14)21)13-22-19(25)24(3)12-18-23-16-10-6-7-11-17(16)26-18/h4-11H,12-13H2,1-3H3,(H,22,25). The number of benzene rings is 2. The highest BCUT2D eigenvalue weighted by molar-refractivity contribution is 7.18. The van der Waals surface area contributed by atoms with Crippen molar-refractivity contribution in [1.29, 1.82) is 0 Å². The molecule has 1 N–H and O–H groups in total. The van der Waals surface area contributed by atoms with Crippen LogP contribution in [-0.4, -0.2) is 29.5 Å². The molecular weight excluding hydrogens is 366 g/mol. The zero-order chi connectivity index (χ0) is 18.7. The minimum atomic E-state index is -0.259. The van der Waals surface area contributed by atoms with Crippen LogP contribution < -0.4 is 5.32 Å². The number of halogens is 1. The number of thiazole rings is 1. The van der Waals surface area contributed by atoms with E-state index in [9.17, 15) is 4.79 Å². The average molecular weight is 388 g/mol.